The van der Waals surface area contributed by atoms with Crippen LogP contribution in [0, 0.1) is 12.8 Å². The Balaban J connectivity index is 0.00000200. The fourth-order valence-corrected chi connectivity index (χ4v) is 2.63. The van der Waals surface area contributed by atoms with Crippen LogP contribution >= 0.6 is 35.7 Å². The summed E-state index contributed by atoms with van der Waals surface area (Å²) in [6.07, 6.45) is 1.26. The number of guanidine groups is 1. The minimum Gasteiger partial charge on any atom is -0.356 e. The molecule has 2 atom stereocenters. The summed E-state index contributed by atoms with van der Waals surface area (Å²) in [5.74, 6) is 2.77. The van der Waals surface area contributed by atoms with E-state index in [0.717, 1.165) is 24.2 Å². The quantitative estimate of drug-likeness (QED) is 0.260. The second-order valence-corrected chi connectivity index (χ2v) is 6.29. The first kappa shape index (κ1) is 17.6. The molecule has 2 rings (SSSR count). The van der Waals surface area contributed by atoms with Crippen molar-refractivity contribution in [3.05, 3.63) is 29.8 Å². The molecule has 1 aromatic carbocycles. The van der Waals surface area contributed by atoms with Crippen LogP contribution in [-0.2, 0) is 0 Å². The Morgan fingerprint density at radius 1 is 1.35 bits per heavy atom. The van der Waals surface area contributed by atoms with E-state index in [9.17, 15) is 0 Å². The van der Waals surface area contributed by atoms with Gasteiger partial charge in [-0.1, -0.05) is 24.6 Å². The van der Waals surface area contributed by atoms with Crippen LogP contribution in [0.15, 0.2) is 34.2 Å². The van der Waals surface area contributed by atoms with E-state index in [2.05, 4.69) is 53.7 Å². The lowest BCUT2D eigenvalue weighted by atomic mass is 10.2. The number of thioether (sulfide) groups is 1. The third-order valence-electron chi connectivity index (χ3n) is 3.34. The van der Waals surface area contributed by atoms with Gasteiger partial charge < -0.3 is 10.6 Å². The first-order valence-electron chi connectivity index (χ1n) is 6.85. The number of hydrogen-bond donors (Lipinski definition) is 2. The molecule has 2 unspecified atom stereocenters. The van der Waals surface area contributed by atoms with Gasteiger partial charge in [0.1, 0.15) is 0 Å². The summed E-state index contributed by atoms with van der Waals surface area (Å²) in [4.78, 5) is 5.57. The molecule has 2 N–H and O–H groups in total. The molecule has 0 heterocycles. The van der Waals surface area contributed by atoms with Gasteiger partial charge in [0, 0.05) is 30.3 Å². The van der Waals surface area contributed by atoms with Gasteiger partial charge in [0.15, 0.2) is 5.96 Å². The largest absolute Gasteiger partial charge is 0.356 e. The molecule has 5 heteroatoms. The van der Waals surface area contributed by atoms with E-state index in [1.165, 1.54) is 16.9 Å². The molecular formula is C15H24IN3S. The number of nitrogens with one attached hydrogen (secondary N) is 2. The standard InChI is InChI=1S/C15H23N3S.HI/c1-11-4-6-13(7-5-11)19-9-8-17-15(16-3)18-14-10-12(14)2;/h4-7,12,14H,8-10H2,1-3H3,(H2,16,17,18);1H. The molecule has 1 saturated carbocycles. The molecule has 0 saturated heterocycles. The zero-order valence-corrected chi connectivity index (χ0v) is 15.5. The summed E-state index contributed by atoms with van der Waals surface area (Å²) in [5, 5.41) is 6.79. The van der Waals surface area contributed by atoms with Crippen molar-refractivity contribution in [1.82, 2.24) is 10.6 Å². The van der Waals surface area contributed by atoms with Crippen molar-refractivity contribution in [2.45, 2.75) is 31.2 Å². The summed E-state index contributed by atoms with van der Waals surface area (Å²) in [6.45, 7) is 5.31. The Morgan fingerprint density at radius 3 is 2.55 bits per heavy atom. The van der Waals surface area contributed by atoms with Gasteiger partial charge >= 0.3 is 0 Å². The summed E-state index contributed by atoms with van der Waals surface area (Å²) in [6, 6.07) is 9.30. The zero-order valence-electron chi connectivity index (χ0n) is 12.3. The van der Waals surface area contributed by atoms with E-state index in [1.54, 1.807) is 0 Å². The van der Waals surface area contributed by atoms with Gasteiger partial charge in [-0.15, -0.1) is 35.7 Å². The third kappa shape index (κ3) is 5.91. The molecule has 0 amide bonds. The van der Waals surface area contributed by atoms with Gasteiger partial charge in [-0.2, -0.15) is 0 Å². The van der Waals surface area contributed by atoms with Crippen LogP contribution in [-0.4, -0.2) is 31.3 Å². The zero-order chi connectivity index (χ0) is 13.7. The van der Waals surface area contributed by atoms with Crippen molar-refractivity contribution in [3.63, 3.8) is 0 Å². The summed E-state index contributed by atoms with van der Waals surface area (Å²) in [5.41, 5.74) is 1.31. The van der Waals surface area contributed by atoms with E-state index < -0.39 is 0 Å². The van der Waals surface area contributed by atoms with Crippen molar-refractivity contribution in [2.75, 3.05) is 19.3 Å². The SMILES string of the molecule is CN=C(NCCSc1ccc(C)cc1)NC1CC1C.I. The maximum absolute atomic E-state index is 4.24. The molecule has 1 aliphatic carbocycles. The van der Waals surface area contributed by atoms with Crippen LogP contribution in [0.2, 0.25) is 0 Å². The van der Waals surface area contributed by atoms with Crippen LogP contribution < -0.4 is 10.6 Å². The predicted octanol–water partition coefficient (Wildman–Crippen LogP) is 3.28. The average Bonchev–Trinajstić information content (AvgIpc) is 3.11. The molecule has 0 spiro atoms. The summed E-state index contributed by atoms with van der Waals surface area (Å²) >= 11 is 1.87. The molecule has 3 nitrogen and oxygen atoms in total. The molecule has 0 aliphatic heterocycles. The van der Waals surface area contributed by atoms with Crippen LogP contribution in [0.5, 0.6) is 0 Å². The van der Waals surface area contributed by atoms with Crippen molar-refractivity contribution in [1.29, 1.82) is 0 Å². The Bertz CT molecular complexity index is 433. The monoisotopic (exact) mass is 405 g/mol. The lowest BCUT2D eigenvalue weighted by molar-refractivity contribution is 0.775. The second-order valence-electron chi connectivity index (χ2n) is 5.12. The van der Waals surface area contributed by atoms with E-state index >= 15 is 0 Å². The predicted molar refractivity (Wildman–Crippen MR) is 99.4 cm³/mol. The Kier molecular flexibility index (Phi) is 7.72. The van der Waals surface area contributed by atoms with Crippen molar-refractivity contribution >= 4 is 41.7 Å². The number of aliphatic imine (C=N–C) groups is 1. The van der Waals surface area contributed by atoms with Gasteiger partial charge in [0.25, 0.3) is 0 Å². The fraction of sp³-hybridized carbons (Fsp3) is 0.533. The molecule has 20 heavy (non-hydrogen) atoms. The van der Waals surface area contributed by atoms with Crippen LogP contribution in [0.4, 0.5) is 0 Å². The van der Waals surface area contributed by atoms with Crippen LogP contribution in [0.3, 0.4) is 0 Å². The molecule has 1 aliphatic rings. The summed E-state index contributed by atoms with van der Waals surface area (Å²) in [7, 11) is 1.83. The first-order valence-corrected chi connectivity index (χ1v) is 7.84. The van der Waals surface area contributed by atoms with Gasteiger partial charge in [0.05, 0.1) is 0 Å². The summed E-state index contributed by atoms with van der Waals surface area (Å²) < 4.78 is 0. The maximum atomic E-state index is 4.24. The number of benzene rings is 1. The molecule has 0 aromatic heterocycles. The van der Waals surface area contributed by atoms with Crippen molar-refractivity contribution < 1.29 is 0 Å². The smallest absolute Gasteiger partial charge is 0.191 e. The van der Waals surface area contributed by atoms with Crippen LogP contribution in [0.25, 0.3) is 0 Å². The second kappa shape index (κ2) is 8.77. The normalized spacial score (nSPS) is 21.1. The Hall–Kier alpha value is -0.430. The van der Waals surface area contributed by atoms with E-state index in [4.69, 9.17) is 0 Å². The maximum Gasteiger partial charge on any atom is 0.191 e. The van der Waals surface area contributed by atoms with Crippen LogP contribution in [0.1, 0.15) is 18.9 Å². The third-order valence-corrected chi connectivity index (χ3v) is 4.35. The lowest BCUT2D eigenvalue weighted by Gasteiger charge is -2.11. The van der Waals surface area contributed by atoms with E-state index in [-0.39, 0.29) is 24.0 Å². The van der Waals surface area contributed by atoms with Crippen molar-refractivity contribution in [3.8, 4) is 0 Å². The molecule has 1 fully saturated rings. The number of rotatable bonds is 5. The topological polar surface area (TPSA) is 36.4 Å². The molecule has 0 radical (unpaired) electrons. The highest BCUT2D eigenvalue weighted by molar-refractivity contribution is 14.0. The minimum atomic E-state index is 0. The van der Waals surface area contributed by atoms with E-state index in [1.807, 2.05) is 18.8 Å². The number of hydrogen-bond acceptors (Lipinski definition) is 2. The fourth-order valence-electron chi connectivity index (χ4n) is 1.87. The number of aryl methyl sites for hydroxylation is 1. The molecule has 0 bridgehead atoms. The molecule has 112 valence electrons. The highest BCUT2D eigenvalue weighted by atomic mass is 127. The lowest BCUT2D eigenvalue weighted by Crippen LogP contribution is -2.40. The molecule has 1 aromatic rings. The highest BCUT2D eigenvalue weighted by Gasteiger charge is 2.33. The molecular weight excluding hydrogens is 381 g/mol. The van der Waals surface area contributed by atoms with Crippen molar-refractivity contribution in [2.24, 2.45) is 10.9 Å². The van der Waals surface area contributed by atoms with Gasteiger partial charge in [-0.3, -0.25) is 4.99 Å². The number of halogens is 1. The minimum absolute atomic E-state index is 0. The average molecular weight is 405 g/mol. The van der Waals surface area contributed by atoms with E-state index in [0.29, 0.717) is 6.04 Å². The van der Waals surface area contributed by atoms with Gasteiger partial charge in [0.2, 0.25) is 0 Å². The Labute approximate surface area is 143 Å². The first-order chi connectivity index (χ1) is 9.19. The Morgan fingerprint density at radius 2 is 2.00 bits per heavy atom. The van der Waals surface area contributed by atoms with Gasteiger partial charge in [-0.05, 0) is 31.4 Å². The highest BCUT2D eigenvalue weighted by Crippen LogP contribution is 2.28. The van der Waals surface area contributed by atoms with Gasteiger partial charge in [-0.25, -0.2) is 0 Å². The number of nitrogens with zero attached hydrogens (tertiary/aromatic N) is 1.